The normalized spacial score (nSPS) is 11.1. The molecule has 0 fully saturated rings. The largest absolute Gasteiger partial charge is 0.426 e. The Morgan fingerprint density at radius 1 is 1.07 bits per heavy atom. The lowest BCUT2D eigenvalue weighted by molar-refractivity contribution is -0.137. The van der Waals surface area contributed by atoms with Crippen LogP contribution in [-0.4, -0.2) is 15.4 Å². The quantitative estimate of drug-likeness (QED) is 0.344. The first-order chi connectivity index (χ1) is 14.5. The van der Waals surface area contributed by atoms with Crippen LogP contribution < -0.4 is 10.1 Å². The second-order valence-electron chi connectivity index (χ2n) is 7.68. The maximum Gasteiger partial charge on any atom is 0.313 e. The van der Waals surface area contributed by atoms with E-state index in [0.29, 0.717) is 12.3 Å². The van der Waals surface area contributed by atoms with Gasteiger partial charge >= 0.3 is 5.97 Å². The summed E-state index contributed by atoms with van der Waals surface area (Å²) in [6.07, 6.45) is 2.02. The minimum Gasteiger partial charge on any atom is -0.426 e. The van der Waals surface area contributed by atoms with Crippen molar-refractivity contribution in [2.75, 3.05) is 5.32 Å². The first-order valence-electron chi connectivity index (χ1n) is 10.1. The van der Waals surface area contributed by atoms with Crippen molar-refractivity contribution < 1.29 is 9.53 Å². The predicted molar refractivity (Wildman–Crippen MR) is 120 cm³/mol. The average molecular weight is 399 g/mol. The fourth-order valence-electron chi connectivity index (χ4n) is 3.24. The monoisotopic (exact) mass is 399 g/mol. The molecule has 0 aliphatic carbocycles. The Balaban J connectivity index is 1.73. The molecule has 0 atom stereocenters. The number of benzene rings is 2. The van der Waals surface area contributed by atoms with Gasteiger partial charge in [-0.15, -0.1) is 0 Å². The fraction of sp³-hybridized carbons (Fsp3) is 0.200. The van der Waals surface area contributed by atoms with E-state index in [1.165, 1.54) is 5.56 Å². The van der Waals surface area contributed by atoms with Crippen molar-refractivity contribution in [3.63, 3.8) is 0 Å². The molecule has 0 saturated carbocycles. The van der Waals surface area contributed by atoms with Gasteiger partial charge in [0.25, 0.3) is 0 Å². The summed E-state index contributed by atoms with van der Waals surface area (Å²) >= 11 is 0. The van der Waals surface area contributed by atoms with Crippen LogP contribution in [0.1, 0.15) is 25.0 Å². The van der Waals surface area contributed by atoms with Crippen LogP contribution in [0.5, 0.6) is 5.75 Å². The van der Waals surface area contributed by atoms with Gasteiger partial charge in [0.15, 0.2) is 0 Å². The topological polar surface area (TPSA) is 55.6 Å². The number of imidazole rings is 1. The van der Waals surface area contributed by atoms with E-state index in [9.17, 15) is 4.79 Å². The molecule has 5 nitrogen and oxygen atoms in total. The van der Waals surface area contributed by atoms with Crippen LogP contribution in [-0.2, 0) is 11.3 Å². The van der Waals surface area contributed by atoms with E-state index in [4.69, 9.17) is 9.72 Å². The number of fused-ring (bicyclic) bond motifs is 1. The van der Waals surface area contributed by atoms with Gasteiger partial charge in [0.2, 0.25) is 0 Å². The lowest BCUT2D eigenvalue weighted by Crippen LogP contribution is -2.14. The summed E-state index contributed by atoms with van der Waals surface area (Å²) in [5, 5.41) is 3.54. The number of carbonyl (C=O) groups excluding carboxylic acids is 1. The molecule has 5 heteroatoms. The van der Waals surface area contributed by atoms with Crippen molar-refractivity contribution in [2.24, 2.45) is 5.92 Å². The number of rotatable bonds is 6. The molecule has 0 spiro atoms. The number of hydrogen-bond donors (Lipinski definition) is 1. The molecule has 0 unspecified atom stereocenters. The third-order valence-electron chi connectivity index (χ3n) is 4.88. The van der Waals surface area contributed by atoms with E-state index in [2.05, 4.69) is 40.9 Å². The molecule has 152 valence electrons. The first kappa shape index (κ1) is 19.7. The summed E-state index contributed by atoms with van der Waals surface area (Å²) in [6, 6.07) is 21.9. The number of pyridine rings is 1. The van der Waals surface area contributed by atoms with Crippen molar-refractivity contribution in [2.45, 2.75) is 27.3 Å². The fourth-order valence-corrected chi connectivity index (χ4v) is 3.24. The zero-order valence-corrected chi connectivity index (χ0v) is 17.4. The van der Waals surface area contributed by atoms with Crippen molar-refractivity contribution in [1.82, 2.24) is 9.38 Å². The van der Waals surface area contributed by atoms with Gasteiger partial charge in [-0.1, -0.05) is 56.3 Å². The standard InChI is InChI=1S/C25H25N3O2/c1-17(2)25(29)30-21-11-7-10-20(15-21)23-24(26-16-19-8-5-4-6-9-19)28-13-12-18(3)14-22(28)27-23/h4-15,17,26H,16H2,1-3H3. The Labute approximate surface area is 176 Å². The molecule has 30 heavy (non-hydrogen) atoms. The van der Waals surface area contributed by atoms with Crippen LogP contribution >= 0.6 is 0 Å². The molecular formula is C25H25N3O2. The Morgan fingerprint density at radius 3 is 2.63 bits per heavy atom. The van der Waals surface area contributed by atoms with Gasteiger partial charge in [-0.05, 0) is 42.3 Å². The molecule has 4 rings (SSSR count). The number of hydrogen-bond acceptors (Lipinski definition) is 4. The van der Waals surface area contributed by atoms with Gasteiger partial charge in [-0.2, -0.15) is 0 Å². The summed E-state index contributed by atoms with van der Waals surface area (Å²) in [5.74, 6) is 0.991. The molecule has 2 aromatic heterocycles. The highest BCUT2D eigenvalue weighted by molar-refractivity contribution is 5.79. The summed E-state index contributed by atoms with van der Waals surface area (Å²) in [7, 11) is 0. The lowest BCUT2D eigenvalue weighted by Gasteiger charge is -2.11. The number of aromatic nitrogens is 2. The van der Waals surface area contributed by atoms with Crippen LogP contribution in [0.4, 0.5) is 5.82 Å². The van der Waals surface area contributed by atoms with E-state index >= 15 is 0 Å². The van der Waals surface area contributed by atoms with Gasteiger partial charge in [0, 0.05) is 18.3 Å². The Morgan fingerprint density at radius 2 is 1.87 bits per heavy atom. The van der Waals surface area contributed by atoms with E-state index in [0.717, 1.165) is 28.3 Å². The first-order valence-corrected chi connectivity index (χ1v) is 10.1. The molecule has 2 aromatic carbocycles. The van der Waals surface area contributed by atoms with Gasteiger partial charge in [0.1, 0.15) is 22.9 Å². The number of carbonyl (C=O) groups is 1. The van der Waals surface area contributed by atoms with Gasteiger partial charge < -0.3 is 10.1 Å². The predicted octanol–water partition coefficient (Wildman–Crippen LogP) is 5.48. The number of anilines is 1. The summed E-state index contributed by atoms with van der Waals surface area (Å²) in [4.78, 5) is 16.9. The average Bonchev–Trinajstić information content (AvgIpc) is 3.10. The van der Waals surface area contributed by atoms with E-state index in [1.54, 1.807) is 6.07 Å². The number of nitrogens with zero attached hydrogens (tertiary/aromatic N) is 2. The van der Waals surface area contributed by atoms with Crippen molar-refractivity contribution >= 4 is 17.4 Å². The van der Waals surface area contributed by atoms with Crippen LogP contribution in [0.3, 0.4) is 0 Å². The SMILES string of the molecule is Cc1ccn2c(NCc3ccccc3)c(-c3cccc(OC(=O)C(C)C)c3)nc2c1. The molecule has 0 saturated heterocycles. The smallest absolute Gasteiger partial charge is 0.313 e. The Bertz CT molecular complexity index is 1180. The number of esters is 1. The van der Waals surface area contributed by atoms with Crippen molar-refractivity contribution in [3.8, 4) is 17.0 Å². The van der Waals surface area contributed by atoms with Crippen molar-refractivity contribution in [3.05, 3.63) is 84.1 Å². The minimum absolute atomic E-state index is 0.185. The lowest BCUT2D eigenvalue weighted by atomic mass is 10.1. The molecule has 2 heterocycles. The second kappa shape index (κ2) is 8.41. The zero-order valence-electron chi connectivity index (χ0n) is 17.4. The molecule has 0 radical (unpaired) electrons. The highest BCUT2D eigenvalue weighted by Gasteiger charge is 2.16. The molecule has 0 aliphatic heterocycles. The van der Waals surface area contributed by atoms with Crippen LogP contribution in [0.2, 0.25) is 0 Å². The molecule has 0 aliphatic rings. The van der Waals surface area contributed by atoms with E-state index < -0.39 is 0 Å². The molecular weight excluding hydrogens is 374 g/mol. The Kier molecular flexibility index (Phi) is 5.53. The van der Waals surface area contributed by atoms with Gasteiger partial charge in [0.05, 0.1) is 5.92 Å². The second-order valence-corrected chi connectivity index (χ2v) is 7.68. The minimum atomic E-state index is -0.250. The molecule has 4 aromatic rings. The zero-order chi connectivity index (χ0) is 21.1. The summed E-state index contributed by atoms with van der Waals surface area (Å²) < 4.78 is 7.56. The number of ether oxygens (including phenoxy) is 1. The van der Waals surface area contributed by atoms with Crippen LogP contribution in [0, 0.1) is 12.8 Å². The maximum absolute atomic E-state index is 12.0. The Hall–Kier alpha value is -3.60. The summed E-state index contributed by atoms with van der Waals surface area (Å²) in [5.41, 5.74) is 4.91. The highest BCUT2D eigenvalue weighted by Crippen LogP contribution is 2.31. The van der Waals surface area contributed by atoms with Gasteiger partial charge in [-0.3, -0.25) is 9.20 Å². The molecule has 1 N–H and O–H groups in total. The highest BCUT2D eigenvalue weighted by atomic mass is 16.5. The summed E-state index contributed by atoms with van der Waals surface area (Å²) in [6.45, 7) is 6.37. The third kappa shape index (κ3) is 4.20. The maximum atomic E-state index is 12.0. The molecule has 0 bridgehead atoms. The van der Waals surface area contributed by atoms with E-state index in [1.807, 2.05) is 56.4 Å². The molecule has 0 amide bonds. The van der Waals surface area contributed by atoms with E-state index in [-0.39, 0.29) is 11.9 Å². The van der Waals surface area contributed by atoms with Gasteiger partial charge in [-0.25, -0.2) is 4.98 Å². The van der Waals surface area contributed by atoms with Crippen molar-refractivity contribution in [1.29, 1.82) is 0 Å². The number of nitrogens with one attached hydrogen (secondary N) is 1. The third-order valence-corrected chi connectivity index (χ3v) is 4.88. The van der Waals surface area contributed by atoms with Crippen LogP contribution in [0.25, 0.3) is 16.9 Å². The number of aryl methyl sites for hydroxylation is 1. The van der Waals surface area contributed by atoms with Crippen LogP contribution in [0.15, 0.2) is 72.9 Å².